The fourth-order valence-electron chi connectivity index (χ4n) is 1.14. The Bertz CT molecular complexity index is 523. The molecule has 18 heavy (non-hydrogen) atoms. The van der Waals surface area contributed by atoms with Crippen LogP contribution in [0.4, 0.5) is 18.2 Å². The van der Waals surface area contributed by atoms with Crippen LogP contribution in [0.3, 0.4) is 0 Å². The Labute approximate surface area is 103 Å². The number of anilines is 1. The van der Waals surface area contributed by atoms with E-state index < -0.39 is 12.8 Å². The molecule has 9 heteroatoms. The van der Waals surface area contributed by atoms with Crippen LogP contribution in [0.1, 0.15) is 5.82 Å². The lowest BCUT2D eigenvalue weighted by Crippen LogP contribution is -2.16. The molecule has 0 aliphatic heterocycles. The van der Waals surface area contributed by atoms with E-state index in [4.69, 9.17) is 10.3 Å². The lowest BCUT2D eigenvalue weighted by atomic mass is 10.4. The molecule has 0 aliphatic rings. The lowest BCUT2D eigenvalue weighted by molar-refractivity contribution is -0.177. The van der Waals surface area contributed by atoms with Crippen molar-refractivity contribution in [2.24, 2.45) is 0 Å². The van der Waals surface area contributed by atoms with Crippen molar-refractivity contribution in [1.29, 1.82) is 0 Å². The van der Waals surface area contributed by atoms with Gasteiger partial charge in [0.05, 0.1) is 9.88 Å². The molecule has 0 aliphatic carbocycles. The molecule has 2 aromatic heterocycles. The molecule has 0 aromatic carbocycles. The van der Waals surface area contributed by atoms with Crippen LogP contribution in [0.5, 0.6) is 0 Å². The molecule has 0 saturated heterocycles. The summed E-state index contributed by atoms with van der Waals surface area (Å²) in [5.74, 6) is 0.267. The summed E-state index contributed by atoms with van der Waals surface area (Å²) in [5, 5.41) is 4.09. The zero-order valence-electron chi connectivity index (χ0n) is 8.90. The first kappa shape index (κ1) is 12.8. The summed E-state index contributed by atoms with van der Waals surface area (Å²) in [6, 6.07) is 3.36. The normalized spacial score (nSPS) is 11.9. The Balaban J connectivity index is 1.94. The van der Waals surface area contributed by atoms with Crippen molar-refractivity contribution >= 4 is 16.3 Å². The van der Waals surface area contributed by atoms with Crippen LogP contribution < -0.4 is 5.73 Å². The highest BCUT2D eigenvalue weighted by Crippen LogP contribution is 2.28. The molecular weight excluding hydrogens is 271 g/mol. The number of nitrogen functional groups attached to an aromatic ring is 1. The maximum absolute atomic E-state index is 11.8. The molecule has 98 valence electrons. The van der Waals surface area contributed by atoms with Gasteiger partial charge in [0.25, 0.3) is 5.89 Å². The quantitative estimate of drug-likeness (QED) is 0.930. The first-order chi connectivity index (χ1) is 8.44. The zero-order valence-corrected chi connectivity index (χ0v) is 9.72. The van der Waals surface area contributed by atoms with Crippen LogP contribution in [-0.4, -0.2) is 22.9 Å². The van der Waals surface area contributed by atoms with Crippen molar-refractivity contribution in [2.45, 2.75) is 12.8 Å². The second-order valence-corrected chi connectivity index (χ2v) is 4.44. The minimum absolute atomic E-state index is 0.0567. The van der Waals surface area contributed by atoms with Crippen LogP contribution in [0, 0.1) is 0 Å². The Morgan fingerprint density at radius 1 is 1.39 bits per heavy atom. The number of aromatic nitrogens is 2. The van der Waals surface area contributed by atoms with Crippen LogP contribution in [0.25, 0.3) is 10.8 Å². The number of halogens is 3. The van der Waals surface area contributed by atoms with Crippen molar-refractivity contribution in [3.63, 3.8) is 0 Å². The van der Waals surface area contributed by atoms with Crippen LogP contribution in [0.2, 0.25) is 0 Å². The van der Waals surface area contributed by atoms with Crippen molar-refractivity contribution in [3.8, 4) is 10.8 Å². The third kappa shape index (κ3) is 3.44. The molecule has 2 N–H and O–H groups in total. The molecule has 0 amide bonds. The lowest BCUT2D eigenvalue weighted by Gasteiger charge is -2.04. The number of ether oxygens (including phenoxy) is 1. The smallest absolute Gasteiger partial charge is 0.391 e. The topological polar surface area (TPSA) is 74.2 Å². The fraction of sp³-hybridized carbons (Fsp3) is 0.333. The number of thiophene rings is 1. The van der Waals surface area contributed by atoms with E-state index in [9.17, 15) is 13.2 Å². The van der Waals surface area contributed by atoms with Crippen molar-refractivity contribution in [1.82, 2.24) is 10.1 Å². The van der Waals surface area contributed by atoms with Gasteiger partial charge >= 0.3 is 6.18 Å². The molecule has 5 nitrogen and oxygen atoms in total. The highest BCUT2D eigenvalue weighted by Gasteiger charge is 2.27. The van der Waals surface area contributed by atoms with E-state index in [0.29, 0.717) is 9.88 Å². The summed E-state index contributed by atoms with van der Waals surface area (Å²) in [7, 11) is 0. The Morgan fingerprint density at radius 3 is 2.78 bits per heavy atom. The van der Waals surface area contributed by atoms with Gasteiger partial charge in [0.15, 0.2) is 5.82 Å². The molecule has 0 bridgehead atoms. The van der Waals surface area contributed by atoms with E-state index in [1.807, 2.05) is 0 Å². The van der Waals surface area contributed by atoms with Gasteiger partial charge in [0, 0.05) is 0 Å². The molecule has 2 rings (SSSR count). The predicted octanol–water partition coefficient (Wildman–Crippen LogP) is 2.46. The number of nitrogens with two attached hydrogens (primary N) is 1. The van der Waals surface area contributed by atoms with E-state index in [1.165, 1.54) is 11.3 Å². The highest BCUT2D eigenvalue weighted by molar-refractivity contribution is 7.19. The number of alkyl halides is 3. The standard InChI is InChI=1S/C9H8F3N3O2S/c10-9(11,12)4-16-3-7-14-8(17-15-7)5-1-2-6(13)18-5/h1-2H,3-4,13H2. The Hall–Kier alpha value is -1.61. The second-order valence-electron chi connectivity index (χ2n) is 3.33. The highest BCUT2D eigenvalue weighted by atomic mass is 32.1. The van der Waals surface area contributed by atoms with Gasteiger partial charge in [-0.05, 0) is 12.1 Å². The van der Waals surface area contributed by atoms with Gasteiger partial charge in [0.1, 0.15) is 13.2 Å². The third-order valence-electron chi connectivity index (χ3n) is 1.80. The molecule has 0 unspecified atom stereocenters. The molecular formula is C9H8F3N3O2S. The third-order valence-corrected chi connectivity index (χ3v) is 2.70. The number of nitrogens with zero attached hydrogens (tertiary/aromatic N) is 2. The Kier molecular flexibility index (Phi) is 3.53. The van der Waals surface area contributed by atoms with Gasteiger partial charge in [-0.15, -0.1) is 11.3 Å². The van der Waals surface area contributed by atoms with Crippen molar-refractivity contribution in [3.05, 3.63) is 18.0 Å². The van der Waals surface area contributed by atoms with E-state index >= 15 is 0 Å². The van der Waals surface area contributed by atoms with Crippen molar-refractivity contribution in [2.75, 3.05) is 12.3 Å². The van der Waals surface area contributed by atoms with Gasteiger partial charge in [-0.2, -0.15) is 18.2 Å². The molecule has 0 radical (unpaired) electrons. The Morgan fingerprint density at radius 2 is 2.17 bits per heavy atom. The summed E-state index contributed by atoms with van der Waals surface area (Å²) in [6.07, 6.45) is -4.37. The monoisotopic (exact) mass is 279 g/mol. The van der Waals surface area contributed by atoms with Crippen LogP contribution >= 0.6 is 11.3 Å². The van der Waals surface area contributed by atoms with Gasteiger partial charge in [-0.25, -0.2) is 0 Å². The van der Waals surface area contributed by atoms with E-state index in [1.54, 1.807) is 12.1 Å². The van der Waals surface area contributed by atoms with E-state index in [-0.39, 0.29) is 18.3 Å². The van der Waals surface area contributed by atoms with Gasteiger partial charge in [0.2, 0.25) is 0 Å². The second kappa shape index (κ2) is 4.94. The largest absolute Gasteiger partial charge is 0.411 e. The molecule has 0 saturated carbocycles. The summed E-state index contributed by atoms with van der Waals surface area (Å²) in [4.78, 5) is 4.55. The molecule has 0 atom stereocenters. The van der Waals surface area contributed by atoms with Crippen molar-refractivity contribution < 1.29 is 22.4 Å². The average molecular weight is 279 g/mol. The number of hydrogen-bond acceptors (Lipinski definition) is 6. The summed E-state index contributed by atoms with van der Waals surface area (Å²) in [6.45, 7) is -1.70. The molecule has 0 spiro atoms. The minimum atomic E-state index is -4.37. The first-order valence-corrected chi connectivity index (χ1v) is 5.58. The number of rotatable bonds is 4. The van der Waals surface area contributed by atoms with Crippen LogP contribution in [0.15, 0.2) is 16.7 Å². The molecule has 2 aromatic rings. The average Bonchev–Trinajstić information content (AvgIpc) is 2.85. The van der Waals surface area contributed by atoms with E-state index in [0.717, 1.165) is 0 Å². The molecule has 2 heterocycles. The fourth-order valence-corrected chi connectivity index (χ4v) is 1.83. The maximum atomic E-state index is 11.8. The first-order valence-electron chi connectivity index (χ1n) is 4.77. The van der Waals surface area contributed by atoms with Crippen LogP contribution in [-0.2, 0) is 11.3 Å². The van der Waals surface area contributed by atoms with E-state index in [2.05, 4.69) is 14.9 Å². The van der Waals surface area contributed by atoms with Gasteiger partial charge in [-0.3, -0.25) is 0 Å². The van der Waals surface area contributed by atoms with Gasteiger partial charge in [-0.1, -0.05) is 5.16 Å². The number of hydrogen-bond donors (Lipinski definition) is 1. The maximum Gasteiger partial charge on any atom is 0.411 e. The zero-order chi connectivity index (χ0) is 13.2. The minimum Gasteiger partial charge on any atom is -0.391 e. The molecule has 0 fully saturated rings. The SMILES string of the molecule is Nc1ccc(-c2nc(COCC(F)(F)F)no2)s1. The predicted molar refractivity (Wildman–Crippen MR) is 57.7 cm³/mol. The summed E-state index contributed by atoms with van der Waals surface area (Å²) in [5.41, 5.74) is 5.53. The summed E-state index contributed by atoms with van der Waals surface area (Å²) < 4.78 is 44.8. The van der Waals surface area contributed by atoms with Gasteiger partial charge < -0.3 is 15.0 Å². The summed E-state index contributed by atoms with van der Waals surface area (Å²) >= 11 is 1.24.